The van der Waals surface area contributed by atoms with Crippen molar-refractivity contribution in [1.29, 1.82) is 0 Å². The van der Waals surface area contributed by atoms with E-state index in [-0.39, 0.29) is 10.7 Å². The van der Waals surface area contributed by atoms with Gasteiger partial charge in [0.15, 0.2) is 0 Å². The maximum absolute atomic E-state index is 14.1. The molecule has 0 saturated carbocycles. The van der Waals surface area contributed by atoms with Crippen LogP contribution in [0.2, 0.25) is 0 Å². The Morgan fingerprint density at radius 2 is 2.12 bits per heavy atom. The number of carbonyl (C=O) groups is 1. The van der Waals surface area contributed by atoms with Crippen molar-refractivity contribution in [3.8, 4) is 11.1 Å². The molecule has 0 N–H and O–H groups in total. The van der Waals surface area contributed by atoms with E-state index in [1.54, 1.807) is 29.6 Å². The number of rotatable bonds is 3. The van der Waals surface area contributed by atoms with Crippen LogP contribution in [0.3, 0.4) is 0 Å². The number of thiophene rings is 1. The summed E-state index contributed by atoms with van der Waals surface area (Å²) < 4.78 is 14.1. The van der Waals surface area contributed by atoms with Crippen molar-refractivity contribution >= 4 is 17.3 Å². The summed E-state index contributed by atoms with van der Waals surface area (Å²) in [5.74, 6) is -1.62. The first-order valence-corrected chi connectivity index (χ1v) is 6.09. The summed E-state index contributed by atoms with van der Waals surface area (Å²) >= 11 is 1.05. The summed E-state index contributed by atoms with van der Waals surface area (Å²) in [5.41, 5.74) is 1.30. The minimum absolute atomic E-state index is 0.0668. The molecule has 2 nitrogen and oxygen atoms in total. The average Bonchev–Trinajstić information content (AvgIpc) is 2.78. The topological polar surface area (TPSA) is 40.1 Å². The Kier molecular flexibility index (Phi) is 3.24. The Hall–Kier alpha value is -1.68. The summed E-state index contributed by atoms with van der Waals surface area (Å²) in [6, 6.07) is 6.62. The molecule has 88 valence electrons. The Morgan fingerprint density at radius 3 is 2.76 bits per heavy atom. The molecule has 0 amide bonds. The molecule has 2 rings (SSSR count). The zero-order valence-corrected chi connectivity index (χ0v) is 10.0. The molecule has 17 heavy (non-hydrogen) atoms. The van der Waals surface area contributed by atoms with Gasteiger partial charge in [0, 0.05) is 11.1 Å². The highest BCUT2D eigenvalue weighted by atomic mass is 32.1. The van der Waals surface area contributed by atoms with Crippen LogP contribution in [0, 0.1) is 5.82 Å². The van der Waals surface area contributed by atoms with Crippen LogP contribution < -0.4 is 5.11 Å². The van der Waals surface area contributed by atoms with Crippen LogP contribution in [0.4, 0.5) is 4.39 Å². The molecule has 0 radical (unpaired) electrons. The number of aryl methyl sites for hydroxylation is 1. The summed E-state index contributed by atoms with van der Waals surface area (Å²) in [5, 5.41) is 12.5. The SMILES string of the molecule is CCc1cccc(-c2ccsc2C(=O)[O-])c1F. The fourth-order valence-electron chi connectivity index (χ4n) is 1.74. The molecule has 0 spiro atoms. The number of carboxylic acids is 1. The number of benzene rings is 1. The molecule has 0 unspecified atom stereocenters. The van der Waals surface area contributed by atoms with Crippen LogP contribution in [-0.2, 0) is 6.42 Å². The third-order valence-corrected chi connectivity index (χ3v) is 3.49. The Bertz CT molecular complexity index is 560. The van der Waals surface area contributed by atoms with E-state index in [1.165, 1.54) is 0 Å². The average molecular weight is 249 g/mol. The van der Waals surface area contributed by atoms with E-state index in [0.717, 1.165) is 11.3 Å². The molecule has 0 aliphatic carbocycles. The zero-order chi connectivity index (χ0) is 12.4. The normalized spacial score (nSPS) is 10.5. The molecule has 1 aromatic heterocycles. The summed E-state index contributed by atoms with van der Waals surface area (Å²) in [6.07, 6.45) is 0.574. The highest BCUT2D eigenvalue weighted by Crippen LogP contribution is 2.31. The van der Waals surface area contributed by atoms with Crippen molar-refractivity contribution in [2.45, 2.75) is 13.3 Å². The second-order valence-electron chi connectivity index (χ2n) is 3.58. The molecule has 0 fully saturated rings. The van der Waals surface area contributed by atoms with Crippen molar-refractivity contribution in [2.24, 2.45) is 0 Å². The smallest absolute Gasteiger partial charge is 0.134 e. The quantitative estimate of drug-likeness (QED) is 0.838. The number of halogens is 1. The lowest BCUT2D eigenvalue weighted by Crippen LogP contribution is -2.21. The number of hydrogen-bond donors (Lipinski definition) is 0. The van der Waals surface area contributed by atoms with Gasteiger partial charge >= 0.3 is 0 Å². The lowest BCUT2D eigenvalue weighted by atomic mass is 10.0. The van der Waals surface area contributed by atoms with E-state index in [1.807, 2.05) is 6.92 Å². The molecule has 1 heterocycles. The molecule has 0 aliphatic heterocycles. The lowest BCUT2D eigenvalue weighted by Gasteiger charge is -2.08. The van der Waals surface area contributed by atoms with Gasteiger partial charge in [-0.2, -0.15) is 0 Å². The van der Waals surface area contributed by atoms with Crippen LogP contribution >= 0.6 is 11.3 Å². The highest BCUT2D eigenvalue weighted by Gasteiger charge is 2.13. The van der Waals surface area contributed by atoms with Crippen molar-refractivity contribution in [3.63, 3.8) is 0 Å². The molecule has 0 saturated heterocycles. The molecule has 2 aromatic rings. The monoisotopic (exact) mass is 249 g/mol. The van der Waals surface area contributed by atoms with E-state index in [4.69, 9.17) is 0 Å². The third kappa shape index (κ3) is 2.08. The first-order valence-electron chi connectivity index (χ1n) is 5.21. The van der Waals surface area contributed by atoms with Gasteiger partial charge in [0.05, 0.1) is 10.8 Å². The maximum Gasteiger partial charge on any atom is 0.134 e. The van der Waals surface area contributed by atoms with Crippen molar-refractivity contribution < 1.29 is 14.3 Å². The van der Waals surface area contributed by atoms with Crippen LogP contribution in [0.15, 0.2) is 29.6 Å². The van der Waals surface area contributed by atoms with Crippen LogP contribution in [0.25, 0.3) is 11.1 Å². The molecule has 4 heteroatoms. The van der Waals surface area contributed by atoms with Gasteiger partial charge in [0.2, 0.25) is 0 Å². The molecule has 0 aliphatic rings. The molecular formula is C13H10FO2S-. The minimum atomic E-state index is -1.27. The standard InChI is InChI=1S/C13H11FO2S/c1-2-8-4-3-5-9(11(8)14)10-6-7-17-12(10)13(15)16/h3-7H,2H2,1H3,(H,15,16)/p-1. The van der Waals surface area contributed by atoms with Gasteiger partial charge in [-0.1, -0.05) is 25.1 Å². The van der Waals surface area contributed by atoms with Crippen LogP contribution in [0.1, 0.15) is 22.2 Å². The van der Waals surface area contributed by atoms with Gasteiger partial charge < -0.3 is 9.90 Å². The highest BCUT2D eigenvalue weighted by molar-refractivity contribution is 7.12. The van der Waals surface area contributed by atoms with Gasteiger partial charge in [-0.25, -0.2) is 4.39 Å². The predicted molar refractivity (Wildman–Crippen MR) is 63.4 cm³/mol. The summed E-state index contributed by atoms with van der Waals surface area (Å²) in [6.45, 7) is 1.86. The number of carbonyl (C=O) groups excluding carboxylic acids is 1. The largest absolute Gasteiger partial charge is 0.544 e. The van der Waals surface area contributed by atoms with E-state index >= 15 is 0 Å². The number of carboxylic acid groups (broad SMARTS) is 1. The number of aromatic carboxylic acids is 1. The van der Waals surface area contributed by atoms with Gasteiger partial charge in [0.1, 0.15) is 5.82 Å². The first-order chi connectivity index (χ1) is 8.15. The Balaban J connectivity index is 2.61. The van der Waals surface area contributed by atoms with E-state index in [9.17, 15) is 14.3 Å². The first kappa shape index (κ1) is 11.8. The Labute approximate surface area is 102 Å². The molecule has 0 atom stereocenters. The summed E-state index contributed by atoms with van der Waals surface area (Å²) in [4.78, 5) is 11.0. The molecular weight excluding hydrogens is 239 g/mol. The molecule has 0 bridgehead atoms. The maximum atomic E-state index is 14.1. The predicted octanol–water partition coefficient (Wildman–Crippen LogP) is 2.48. The van der Waals surface area contributed by atoms with Crippen molar-refractivity contribution in [1.82, 2.24) is 0 Å². The van der Waals surface area contributed by atoms with Gasteiger partial charge in [0.25, 0.3) is 0 Å². The van der Waals surface area contributed by atoms with Crippen LogP contribution in [0.5, 0.6) is 0 Å². The van der Waals surface area contributed by atoms with Crippen LogP contribution in [-0.4, -0.2) is 5.97 Å². The van der Waals surface area contributed by atoms with E-state index in [2.05, 4.69) is 0 Å². The minimum Gasteiger partial charge on any atom is -0.544 e. The van der Waals surface area contributed by atoms with Crippen molar-refractivity contribution in [3.05, 3.63) is 45.9 Å². The van der Waals surface area contributed by atoms with Crippen molar-refractivity contribution in [2.75, 3.05) is 0 Å². The second kappa shape index (κ2) is 4.67. The van der Waals surface area contributed by atoms with Gasteiger partial charge in [-0.15, -0.1) is 11.3 Å². The van der Waals surface area contributed by atoms with E-state index < -0.39 is 5.97 Å². The van der Waals surface area contributed by atoms with Gasteiger partial charge in [-0.05, 0) is 23.4 Å². The zero-order valence-electron chi connectivity index (χ0n) is 9.20. The van der Waals surface area contributed by atoms with Gasteiger partial charge in [-0.3, -0.25) is 0 Å². The summed E-state index contributed by atoms with van der Waals surface area (Å²) in [7, 11) is 0. The fourth-order valence-corrected chi connectivity index (χ4v) is 2.48. The Morgan fingerprint density at radius 1 is 1.35 bits per heavy atom. The molecule has 1 aromatic carbocycles. The third-order valence-electron chi connectivity index (χ3n) is 2.60. The second-order valence-corrected chi connectivity index (χ2v) is 4.50. The number of hydrogen-bond acceptors (Lipinski definition) is 3. The van der Waals surface area contributed by atoms with E-state index in [0.29, 0.717) is 23.1 Å². The fraction of sp³-hybridized carbons (Fsp3) is 0.154. The lowest BCUT2D eigenvalue weighted by molar-refractivity contribution is -0.254.